The Bertz CT molecular complexity index is 589. The highest BCUT2D eigenvalue weighted by Crippen LogP contribution is 2.23. The molecule has 0 aliphatic carbocycles. The van der Waals surface area contributed by atoms with Crippen LogP contribution in [-0.4, -0.2) is 5.91 Å². The number of amides is 1. The molecule has 0 fully saturated rings. The van der Waals surface area contributed by atoms with Crippen molar-refractivity contribution in [3.63, 3.8) is 0 Å². The quantitative estimate of drug-likeness (QED) is 0.906. The lowest BCUT2D eigenvalue weighted by molar-refractivity contribution is -0.117. The van der Waals surface area contributed by atoms with Gasteiger partial charge in [0.05, 0.1) is 10.7 Å². The molecule has 2 aromatic rings. The highest BCUT2D eigenvalue weighted by molar-refractivity contribution is 6.33. The van der Waals surface area contributed by atoms with Gasteiger partial charge in [-0.1, -0.05) is 41.9 Å². The molecule has 19 heavy (non-hydrogen) atoms. The number of nitrogens with two attached hydrogens (primary N) is 1. The zero-order valence-corrected chi connectivity index (χ0v) is 10.7. The normalized spacial score (nSPS) is 11.9. The second-order valence-corrected chi connectivity index (χ2v) is 4.41. The lowest BCUT2D eigenvalue weighted by atomic mass is 10.1. The summed E-state index contributed by atoms with van der Waals surface area (Å²) in [5.74, 6) is -0.866. The van der Waals surface area contributed by atoms with Crippen molar-refractivity contribution in [3.05, 3.63) is 64.9 Å². The third-order valence-corrected chi connectivity index (χ3v) is 2.94. The van der Waals surface area contributed by atoms with E-state index in [2.05, 4.69) is 5.32 Å². The largest absolute Gasteiger partial charge is 0.323 e. The van der Waals surface area contributed by atoms with Gasteiger partial charge in [0.1, 0.15) is 11.9 Å². The van der Waals surface area contributed by atoms with Crippen LogP contribution in [0.25, 0.3) is 0 Å². The molecule has 0 radical (unpaired) electrons. The van der Waals surface area contributed by atoms with Crippen molar-refractivity contribution in [2.45, 2.75) is 6.04 Å². The van der Waals surface area contributed by atoms with Gasteiger partial charge in [-0.3, -0.25) is 4.79 Å². The summed E-state index contributed by atoms with van der Waals surface area (Å²) in [6.07, 6.45) is 0. The van der Waals surface area contributed by atoms with E-state index in [-0.39, 0.29) is 5.02 Å². The van der Waals surface area contributed by atoms with Gasteiger partial charge in [-0.2, -0.15) is 0 Å². The SMILES string of the molecule is NC(C(=O)Nc1ccc(F)cc1Cl)c1ccccc1. The summed E-state index contributed by atoms with van der Waals surface area (Å²) in [6.45, 7) is 0. The number of carbonyl (C=O) groups excluding carboxylic acids is 1. The number of hydrogen-bond acceptors (Lipinski definition) is 2. The maximum absolute atomic E-state index is 12.9. The first-order valence-electron chi connectivity index (χ1n) is 5.64. The van der Waals surface area contributed by atoms with Crippen molar-refractivity contribution in [2.75, 3.05) is 5.32 Å². The zero-order valence-electron chi connectivity index (χ0n) is 9.94. The predicted octanol–water partition coefficient (Wildman–Crippen LogP) is 3.12. The minimum Gasteiger partial charge on any atom is -0.323 e. The summed E-state index contributed by atoms with van der Waals surface area (Å²) < 4.78 is 12.9. The fourth-order valence-electron chi connectivity index (χ4n) is 1.61. The van der Waals surface area contributed by atoms with Crippen molar-refractivity contribution in [3.8, 4) is 0 Å². The van der Waals surface area contributed by atoms with Crippen LogP contribution in [0.4, 0.5) is 10.1 Å². The number of halogens is 2. The van der Waals surface area contributed by atoms with Crippen molar-refractivity contribution < 1.29 is 9.18 Å². The van der Waals surface area contributed by atoms with Crippen LogP contribution in [0.15, 0.2) is 48.5 Å². The molecule has 0 saturated heterocycles. The molecule has 5 heteroatoms. The van der Waals surface area contributed by atoms with E-state index in [0.717, 1.165) is 6.07 Å². The third-order valence-electron chi connectivity index (χ3n) is 2.63. The van der Waals surface area contributed by atoms with Gasteiger partial charge in [-0.25, -0.2) is 4.39 Å². The molecule has 0 aliphatic heterocycles. The standard InChI is InChI=1S/C14H12ClFN2O/c15-11-8-10(16)6-7-12(11)18-14(19)13(17)9-4-2-1-3-5-9/h1-8,13H,17H2,(H,18,19). The van der Waals surface area contributed by atoms with Crippen LogP contribution in [0.1, 0.15) is 11.6 Å². The van der Waals surface area contributed by atoms with Crippen LogP contribution in [0.3, 0.4) is 0 Å². The molecular weight excluding hydrogens is 267 g/mol. The number of hydrogen-bond donors (Lipinski definition) is 2. The molecule has 0 aliphatic rings. The van der Waals surface area contributed by atoms with E-state index in [0.29, 0.717) is 11.3 Å². The Morgan fingerprint density at radius 1 is 1.21 bits per heavy atom. The predicted molar refractivity (Wildman–Crippen MR) is 73.4 cm³/mol. The van der Waals surface area contributed by atoms with E-state index in [4.69, 9.17) is 17.3 Å². The third kappa shape index (κ3) is 3.30. The maximum atomic E-state index is 12.9. The number of rotatable bonds is 3. The summed E-state index contributed by atoms with van der Waals surface area (Å²) in [6, 6.07) is 11.9. The van der Waals surface area contributed by atoms with E-state index in [1.54, 1.807) is 24.3 Å². The van der Waals surface area contributed by atoms with E-state index in [9.17, 15) is 9.18 Å². The Morgan fingerprint density at radius 2 is 1.89 bits per heavy atom. The summed E-state index contributed by atoms with van der Waals surface area (Å²) in [5, 5.41) is 2.71. The van der Waals surface area contributed by atoms with E-state index in [1.165, 1.54) is 12.1 Å². The van der Waals surface area contributed by atoms with Crippen LogP contribution in [-0.2, 0) is 4.79 Å². The molecule has 0 aromatic heterocycles. The molecular formula is C14H12ClFN2O. The number of carbonyl (C=O) groups is 1. The Kier molecular flexibility index (Phi) is 4.14. The summed E-state index contributed by atoms with van der Waals surface area (Å²) in [4.78, 5) is 12.0. The smallest absolute Gasteiger partial charge is 0.245 e. The van der Waals surface area contributed by atoms with E-state index >= 15 is 0 Å². The van der Waals surface area contributed by atoms with Gasteiger partial charge >= 0.3 is 0 Å². The van der Waals surface area contributed by atoms with Crippen LogP contribution >= 0.6 is 11.6 Å². The van der Waals surface area contributed by atoms with Crippen molar-refractivity contribution >= 4 is 23.2 Å². The monoisotopic (exact) mass is 278 g/mol. The van der Waals surface area contributed by atoms with Crippen molar-refractivity contribution in [1.82, 2.24) is 0 Å². The highest BCUT2D eigenvalue weighted by atomic mass is 35.5. The maximum Gasteiger partial charge on any atom is 0.245 e. The molecule has 3 nitrogen and oxygen atoms in total. The van der Waals surface area contributed by atoms with Gasteiger partial charge in [0, 0.05) is 0 Å². The van der Waals surface area contributed by atoms with Gasteiger partial charge in [0.25, 0.3) is 0 Å². The summed E-state index contributed by atoms with van der Waals surface area (Å²) in [5.41, 5.74) is 6.86. The van der Waals surface area contributed by atoms with E-state index in [1.807, 2.05) is 6.07 Å². The molecule has 2 rings (SSSR count). The molecule has 1 atom stereocenters. The van der Waals surface area contributed by atoms with Gasteiger partial charge in [0.2, 0.25) is 5.91 Å². The molecule has 0 bridgehead atoms. The minimum atomic E-state index is -0.803. The molecule has 3 N–H and O–H groups in total. The second-order valence-electron chi connectivity index (χ2n) is 4.00. The lowest BCUT2D eigenvalue weighted by Crippen LogP contribution is -2.27. The van der Waals surface area contributed by atoms with Crippen LogP contribution in [0, 0.1) is 5.82 Å². The minimum absolute atomic E-state index is 0.133. The molecule has 0 spiro atoms. The topological polar surface area (TPSA) is 55.1 Å². The first-order chi connectivity index (χ1) is 9.08. The number of nitrogens with one attached hydrogen (secondary N) is 1. The molecule has 1 unspecified atom stereocenters. The van der Waals surface area contributed by atoms with Crippen LogP contribution < -0.4 is 11.1 Å². The zero-order chi connectivity index (χ0) is 13.8. The van der Waals surface area contributed by atoms with E-state index < -0.39 is 17.8 Å². The van der Waals surface area contributed by atoms with Crippen molar-refractivity contribution in [2.24, 2.45) is 5.73 Å². The number of anilines is 1. The first kappa shape index (κ1) is 13.5. The van der Waals surface area contributed by atoms with Gasteiger partial charge in [-0.15, -0.1) is 0 Å². The molecule has 2 aromatic carbocycles. The average Bonchev–Trinajstić information content (AvgIpc) is 2.42. The first-order valence-corrected chi connectivity index (χ1v) is 6.02. The Balaban J connectivity index is 2.13. The Hall–Kier alpha value is -1.91. The molecule has 0 heterocycles. The lowest BCUT2D eigenvalue weighted by Gasteiger charge is -2.13. The fourth-order valence-corrected chi connectivity index (χ4v) is 1.83. The second kappa shape index (κ2) is 5.82. The Labute approximate surface area is 115 Å². The van der Waals surface area contributed by atoms with Gasteiger partial charge < -0.3 is 11.1 Å². The van der Waals surface area contributed by atoms with Crippen LogP contribution in [0.5, 0.6) is 0 Å². The van der Waals surface area contributed by atoms with Crippen LogP contribution in [0.2, 0.25) is 5.02 Å². The average molecular weight is 279 g/mol. The van der Waals surface area contributed by atoms with Crippen molar-refractivity contribution in [1.29, 1.82) is 0 Å². The molecule has 0 saturated carbocycles. The van der Waals surface area contributed by atoms with Gasteiger partial charge in [0.15, 0.2) is 0 Å². The Morgan fingerprint density at radius 3 is 2.53 bits per heavy atom. The fraction of sp³-hybridized carbons (Fsp3) is 0.0714. The van der Waals surface area contributed by atoms with Gasteiger partial charge in [-0.05, 0) is 23.8 Å². The molecule has 98 valence electrons. The summed E-state index contributed by atoms with van der Waals surface area (Å²) in [7, 11) is 0. The molecule has 1 amide bonds. The highest BCUT2D eigenvalue weighted by Gasteiger charge is 2.16. The number of benzene rings is 2. The summed E-state index contributed by atoms with van der Waals surface area (Å²) >= 11 is 5.83.